The van der Waals surface area contributed by atoms with Crippen LogP contribution in [0.15, 0.2) is 60.4 Å². The summed E-state index contributed by atoms with van der Waals surface area (Å²) in [6.45, 7) is 0. The Morgan fingerprint density at radius 1 is 1.00 bits per heavy atom. The molecule has 0 spiro atoms. The van der Waals surface area contributed by atoms with Crippen LogP contribution in [0, 0.1) is 0 Å². The van der Waals surface area contributed by atoms with Gasteiger partial charge in [0.25, 0.3) is 0 Å². The zero-order chi connectivity index (χ0) is 13.4. The molecule has 5 heteroatoms. The van der Waals surface area contributed by atoms with Gasteiger partial charge in [-0.2, -0.15) is 5.10 Å². The molecule has 4 aromatic rings. The molecule has 4 rings (SSSR count). The van der Waals surface area contributed by atoms with Gasteiger partial charge in [0.1, 0.15) is 5.69 Å². The summed E-state index contributed by atoms with van der Waals surface area (Å²) in [5, 5.41) is 6.74. The van der Waals surface area contributed by atoms with E-state index in [9.17, 15) is 0 Å². The van der Waals surface area contributed by atoms with Gasteiger partial charge in [-0.25, -0.2) is 9.50 Å². The Labute approximate surface area is 119 Å². The third-order valence-electron chi connectivity index (χ3n) is 3.09. The number of hydrogen-bond donors (Lipinski definition) is 0. The number of pyridine rings is 1. The number of imidazole rings is 1. The van der Waals surface area contributed by atoms with Gasteiger partial charge in [0.15, 0.2) is 5.65 Å². The van der Waals surface area contributed by atoms with Crippen molar-refractivity contribution in [3.8, 4) is 21.8 Å². The van der Waals surface area contributed by atoms with E-state index < -0.39 is 0 Å². The fraction of sp³-hybridized carbons (Fsp3) is 0. The minimum Gasteiger partial charge on any atom is -0.264 e. The second-order valence-electron chi connectivity index (χ2n) is 4.35. The number of nitrogens with zero attached hydrogens (tertiary/aromatic N) is 4. The average molecular weight is 278 g/mol. The van der Waals surface area contributed by atoms with Gasteiger partial charge >= 0.3 is 0 Å². The van der Waals surface area contributed by atoms with Crippen molar-refractivity contribution >= 4 is 17.0 Å². The Balaban J connectivity index is 1.93. The molecule has 0 atom stereocenters. The van der Waals surface area contributed by atoms with Crippen molar-refractivity contribution in [2.24, 2.45) is 0 Å². The normalized spacial score (nSPS) is 11.0. The average Bonchev–Trinajstić information content (AvgIpc) is 3.17. The summed E-state index contributed by atoms with van der Waals surface area (Å²) in [6, 6.07) is 12.0. The first-order valence-corrected chi connectivity index (χ1v) is 7.09. The topological polar surface area (TPSA) is 43.1 Å². The first kappa shape index (κ1) is 11.3. The highest BCUT2D eigenvalue weighted by Crippen LogP contribution is 2.25. The molecule has 0 aliphatic carbocycles. The van der Waals surface area contributed by atoms with Crippen LogP contribution in [-0.4, -0.2) is 19.6 Å². The summed E-state index contributed by atoms with van der Waals surface area (Å²) in [5.41, 5.74) is 3.75. The van der Waals surface area contributed by atoms with Crippen molar-refractivity contribution in [2.75, 3.05) is 0 Å². The molecule has 20 heavy (non-hydrogen) atoms. The Kier molecular flexibility index (Phi) is 2.57. The van der Waals surface area contributed by atoms with E-state index in [1.165, 1.54) is 0 Å². The van der Waals surface area contributed by atoms with E-state index in [2.05, 4.69) is 21.4 Å². The third kappa shape index (κ3) is 1.80. The van der Waals surface area contributed by atoms with Gasteiger partial charge in [-0.15, -0.1) is 11.3 Å². The van der Waals surface area contributed by atoms with Crippen LogP contribution in [0.4, 0.5) is 0 Å². The van der Waals surface area contributed by atoms with Crippen LogP contribution < -0.4 is 0 Å². The van der Waals surface area contributed by atoms with Gasteiger partial charge in [-0.05, 0) is 35.7 Å². The molecule has 96 valence electrons. The van der Waals surface area contributed by atoms with E-state index in [-0.39, 0.29) is 0 Å². The van der Waals surface area contributed by atoms with Gasteiger partial charge in [0.2, 0.25) is 0 Å². The van der Waals surface area contributed by atoms with E-state index in [0.29, 0.717) is 0 Å². The summed E-state index contributed by atoms with van der Waals surface area (Å²) in [4.78, 5) is 9.70. The maximum absolute atomic E-state index is 4.69. The molecule has 4 heterocycles. The molecular weight excluding hydrogens is 268 g/mol. The maximum Gasteiger partial charge on any atom is 0.154 e. The van der Waals surface area contributed by atoms with Crippen LogP contribution in [0.3, 0.4) is 0 Å². The van der Waals surface area contributed by atoms with Crippen LogP contribution in [0.2, 0.25) is 0 Å². The second-order valence-corrected chi connectivity index (χ2v) is 5.30. The lowest BCUT2D eigenvalue weighted by Crippen LogP contribution is -1.96. The molecule has 0 unspecified atom stereocenters. The SMILES string of the molecule is c1cncc(-c2cnc3ccc(-c4cccs4)nn23)c1. The molecule has 4 aromatic heterocycles. The van der Waals surface area contributed by atoms with E-state index in [0.717, 1.165) is 27.5 Å². The fourth-order valence-corrected chi connectivity index (χ4v) is 2.83. The zero-order valence-corrected chi connectivity index (χ0v) is 11.3. The van der Waals surface area contributed by atoms with Crippen LogP contribution in [0.25, 0.3) is 27.5 Å². The molecular formula is C15H10N4S. The molecule has 4 nitrogen and oxygen atoms in total. The lowest BCUT2D eigenvalue weighted by atomic mass is 10.2. The number of aromatic nitrogens is 4. The standard InChI is InChI=1S/C15H10N4S/c1-3-11(9-16-7-1)13-10-17-15-6-5-12(18-19(13)15)14-4-2-8-20-14/h1-10H. The number of rotatable bonds is 2. The van der Waals surface area contributed by atoms with Crippen molar-refractivity contribution in [3.05, 3.63) is 60.4 Å². The largest absolute Gasteiger partial charge is 0.264 e. The smallest absolute Gasteiger partial charge is 0.154 e. The second kappa shape index (κ2) is 4.54. The summed E-state index contributed by atoms with van der Waals surface area (Å²) in [7, 11) is 0. The Morgan fingerprint density at radius 3 is 2.80 bits per heavy atom. The van der Waals surface area contributed by atoms with E-state index in [1.54, 1.807) is 17.5 Å². The molecule has 0 saturated heterocycles. The predicted molar refractivity (Wildman–Crippen MR) is 79.5 cm³/mol. The van der Waals surface area contributed by atoms with Crippen molar-refractivity contribution in [2.45, 2.75) is 0 Å². The molecule has 0 aromatic carbocycles. The van der Waals surface area contributed by atoms with Crippen LogP contribution in [-0.2, 0) is 0 Å². The van der Waals surface area contributed by atoms with Crippen molar-refractivity contribution in [1.29, 1.82) is 0 Å². The molecule has 0 saturated carbocycles. The lowest BCUT2D eigenvalue weighted by molar-refractivity contribution is 0.950. The molecule has 0 aliphatic heterocycles. The summed E-state index contributed by atoms with van der Waals surface area (Å²) in [6.07, 6.45) is 5.41. The Hall–Kier alpha value is -2.53. The van der Waals surface area contributed by atoms with Gasteiger partial charge in [0.05, 0.1) is 16.8 Å². The summed E-state index contributed by atoms with van der Waals surface area (Å²) >= 11 is 1.68. The van der Waals surface area contributed by atoms with Gasteiger partial charge in [-0.3, -0.25) is 4.98 Å². The highest BCUT2D eigenvalue weighted by Gasteiger charge is 2.09. The van der Waals surface area contributed by atoms with Gasteiger partial charge < -0.3 is 0 Å². The summed E-state index contributed by atoms with van der Waals surface area (Å²) < 4.78 is 1.87. The monoisotopic (exact) mass is 278 g/mol. The lowest BCUT2D eigenvalue weighted by Gasteiger charge is -2.02. The molecule has 0 amide bonds. The van der Waals surface area contributed by atoms with E-state index in [4.69, 9.17) is 5.10 Å². The number of hydrogen-bond acceptors (Lipinski definition) is 4. The van der Waals surface area contributed by atoms with Crippen molar-refractivity contribution in [1.82, 2.24) is 19.6 Å². The van der Waals surface area contributed by atoms with Crippen LogP contribution >= 0.6 is 11.3 Å². The zero-order valence-electron chi connectivity index (χ0n) is 10.5. The maximum atomic E-state index is 4.69. The van der Waals surface area contributed by atoms with Crippen molar-refractivity contribution in [3.63, 3.8) is 0 Å². The Bertz CT molecular complexity index is 850. The molecule has 0 fully saturated rings. The Morgan fingerprint density at radius 2 is 2.00 bits per heavy atom. The fourth-order valence-electron chi connectivity index (χ4n) is 2.14. The molecule has 0 bridgehead atoms. The van der Waals surface area contributed by atoms with E-state index in [1.807, 2.05) is 47.2 Å². The molecule has 0 aliphatic rings. The number of fused-ring (bicyclic) bond motifs is 1. The minimum atomic E-state index is 0.837. The van der Waals surface area contributed by atoms with E-state index >= 15 is 0 Å². The molecule has 0 N–H and O–H groups in total. The quantitative estimate of drug-likeness (QED) is 0.563. The van der Waals surface area contributed by atoms with Crippen LogP contribution in [0.5, 0.6) is 0 Å². The van der Waals surface area contributed by atoms with Gasteiger partial charge in [0, 0.05) is 18.0 Å². The van der Waals surface area contributed by atoms with Gasteiger partial charge in [-0.1, -0.05) is 6.07 Å². The molecule has 0 radical (unpaired) electrons. The summed E-state index contributed by atoms with van der Waals surface area (Å²) in [5.74, 6) is 0. The third-order valence-corrected chi connectivity index (χ3v) is 3.99. The predicted octanol–water partition coefficient (Wildman–Crippen LogP) is 3.52. The number of thiophene rings is 1. The first-order valence-electron chi connectivity index (χ1n) is 6.21. The van der Waals surface area contributed by atoms with Crippen LogP contribution in [0.1, 0.15) is 0 Å². The van der Waals surface area contributed by atoms with Crippen molar-refractivity contribution < 1.29 is 0 Å². The highest BCUT2D eigenvalue weighted by atomic mass is 32.1. The highest BCUT2D eigenvalue weighted by molar-refractivity contribution is 7.13. The first-order chi connectivity index (χ1) is 9.92. The minimum absolute atomic E-state index is 0.837.